The average molecular weight is 495 g/mol. The van der Waals surface area contributed by atoms with Gasteiger partial charge in [0.05, 0.1) is 17.0 Å². The summed E-state index contributed by atoms with van der Waals surface area (Å²) in [7, 11) is 0. The number of aromatic carboxylic acids is 1. The van der Waals surface area contributed by atoms with Gasteiger partial charge in [0.1, 0.15) is 0 Å². The van der Waals surface area contributed by atoms with Gasteiger partial charge in [-0.1, -0.05) is 24.3 Å². The van der Waals surface area contributed by atoms with E-state index < -0.39 is 5.97 Å². The van der Waals surface area contributed by atoms with Crippen LogP contribution in [0.3, 0.4) is 0 Å². The SMILES string of the molecule is Nc1cc(N)cc(C(=O)[O-])c1.O.[N-]=[N+]=[N-].[OH3+].[OH3+].[Zn+2].c1cnc2c(c1)ccc1cccnc12. The predicted molar refractivity (Wildman–Crippen MR) is 120 cm³/mol. The van der Waals surface area contributed by atoms with Crippen molar-refractivity contribution in [2.24, 2.45) is 0 Å². The number of carboxylic acid groups (broad SMARTS) is 1. The van der Waals surface area contributed by atoms with Crippen molar-refractivity contribution in [2.75, 3.05) is 11.5 Å². The second-order valence-electron chi connectivity index (χ2n) is 5.48. The summed E-state index contributed by atoms with van der Waals surface area (Å²) >= 11 is 0. The molecule has 0 saturated heterocycles. The van der Waals surface area contributed by atoms with Gasteiger partial charge in [-0.25, -0.2) is 0 Å². The Bertz CT molecular complexity index is 1100. The number of pyridine rings is 2. The van der Waals surface area contributed by atoms with E-state index in [0.717, 1.165) is 21.8 Å². The van der Waals surface area contributed by atoms with E-state index >= 15 is 0 Å². The molecule has 4 rings (SSSR count). The Hall–Kier alpha value is -3.86. The number of benzene rings is 2. The van der Waals surface area contributed by atoms with Crippen molar-refractivity contribution in [3.05, 3.63) is 88.5 Å². The van der Waals surface area contributed by atoms with E-state index in [9.17, 15) is 9.90 Å². The molecule has 0 saturated carbocycles. The van der Waals surface area contributed by atoms with Crippen LogP contribution in [0.2, 0.25) is 0 Å². The zero-order chi connectivity index (χ0) is 20.5. The molecule has 0 aliphatic heterocycles. The summed E-state index contributed by atoms with van der Waals surface area (Å²) in [4.78, 5) is 20.5. The third-order valence-corrected chi connectivity index (χ3v) is 3.56. The van der Waals surface area contributed by atoms with Crippen LogP contribution in [0.4, 0.5) is 11.4 Å². The van der Waals surface area contributed by atoms with Gasteiger partial charge in [0.25, 0.3) is 0 Å². The van der Waals surface area contributed by atoms with Gasteiger partial charge in [-0.3, -0.25) is 14.9 Å². The molecule has 0 aliphatic rings. The van der Waals surface area contributed by atoms with Crippen molar-refractivity contribution in [1.82, 2.24) is 9.97 Å². The van der Waals surface area contributed by atoms with Crippen LogP contribution < -0.4 is 16.6 Å². The number of fused-ring (bicyclic) bond motifs is 3. The van der Waals surface area contributed by atoms with E-state index in [1.165, 1.54) is 23.1 Å². The van der Waals surface area contributed by atoms with Crippen LogP contribution in [0.25, 0.3) is 37.8 Å². The first-order valence-corrected chi connectivity index (χ1v) is 7.90. The minimum atomic E-state index is -1.27. The molecule has 0 fully saturated rings. The molecule has 12 nitrogen and oxygen atoms in total. The van der Waals surface area contributed by atoms with Gasteiger partial charge in [-0.05, 0) is 30.3 Å². The second kappa shape index (κ2) is 15.9. The van der Waals surface area contributed by atoms with Gasteiger partial charge in [-0.2, -0.15) is 0 Å². The third kappa shape index (κ3) is 8.88. The molecule has 0 atom stereocenters. The summed E-state index contributed by atoms with van der Waals surface area (Å²) in [6.45, 7) is 0. The Labute approximate surface area is 195 Å². The fourth-order valence-electron chi connectivity index (χ4n) is 2.47. The fourth-order valence-corrected chi connectivity index (χ4v) is 2.47. The predicted octanol–water partition coefficient (Wildman–Crippen LogP) is 0.193. The Morgan fingerprint density at radius 1 is 0.844 bits per heavy atom. The van der Waals surface area contributed by atoms with Crippen molar-refractivity contribution < 1.29 is 45.8 Å². The number of aromatic nitrogens is 2. The number of nitrogen functional groups attached to an aromatic ring is 2. The van der Waals surface area contributed by atoms with Crippen LogP contribution in [0.1, 0.15) is 10.4 Å². The largest absolute Gasteiger partial charge is 2.00 e. The van der Waals surface area contributed by atoms with Gasteiger partial charge >= 0.3 is 19.5 Å². The summed E-state index contributed by atoms with van der Waals surface area (Å²) in [5, 5.41) is 12.6. The van der Waals surface area contributed by atoms with Crippen LogP contribution in [0.5, 0.6) is 0 Å². The van der Waals surface area contributed by atoms with Crippen molar-refractivity contribution in [3.63, 3.8) is 0 Å². The first kappa shape index (κ1) is 32.8. The first-order valence-electron chi connectivity index (χ1n) is 7.90. The van der Waals surface area contributed by atoms with Gasteiger partial charge in [-0.15, -0.1) is 0 Å². The molecular weight excluding hydrogens is 472 g/mol. The molecule has 12 N–H and O–H groups in total. The molecule has 164 valence electrons. The van der Waals surface area contributed by atoms with E-state index in [1.807, 2.05) is 12.1 Å². The van der Waals surface area contributed by atoms with E-state index in [4.69, 9.17) is 22.5 Å². The number of hydrogen-bond acceptors (Lipinski definition) is 6. The van der Waals surface area contributed by atoms with Gasteiger partial charge < -0.3 is 48.9 Å². The molecule has 4 aromatic rings. The van der Waals surface area contributed by atoms with E-state index in [1.54, 1.807) is 12.4 Å². The number of nitrogens with zero attached hydrogens (tertiary/aromatic N) is 5. The Morgan fingerprint density at radius 2 is 1.22 bits per heavy atom. The minimum absolute atomic E-state index is 0. The molecule has 13 heteroatoms. The minimum Gasteiger partial charge on any atom is -0.545 e. The molecule has 0 unspecified atom stereocenters. The number of carbonyl (C=O) groups is 1. The molecule has 0 radical (unpaired) electrons. The van der Waals surface area contributed by atoms with Crippen molar-refractivity contribution in [3.8, 4) is 0 Å². The van der Waals surface area contributed by atoms with Crippen LogP contribution in [0.15, 0.2) is 67.0 Å². The number of carboxylic acids is 1. The van der Waals surface area contributed by atoms with E-state index in [-0.39, 0.29) is 41.5 Å². The quantitative estimate of drug-likeness (QED) is 0.0707. The van der Waals surface area contributed by atoms with Crippen molar-refractivity contribution in [1.29, 1.82) is 0 Å². The van der Waals surface area contributed by atoms with Gasteiger partial charge in [0.15, 0.2) is 0 Å². The Kier molecular flexibility index (Phi) is 16.3. The first-order chi connectivity index (χ1) is 13.5. The van der Waals surface area contributed by atoms with E-state index in [0.29, 0.717) is 11.4 Å². The summed E-state index contributed by atoms with van der Waals surface area (Å²) in [6, 6.07) is 16.2. The smallest absolute Gasteiger partial charge is 0.545 e. The van der Waals surface area contributed by atoms with Crippen LogP contribution >= 0.6 is 0 Å². The summed E-state index contributed by atoms with van der Waals surface area (Å²) in [5.74, 6) is -1.27. The molecule has 0 amide bonds. The summed E-state index contributed by atoms with van der Waals surface area (Å²) in [6.07, 6.45) is 3.60. The topological polar surface area (TPSA) is 274 Å². The number of hydrogen-bond donors (Lipinski definition) is 2. The van der Waals surface area contributed by atoms with Gasteiger partial charge in [0.2, 0.25) is 0 Å². The molecule has 2 heterocycles. The normalized spacial score (nSPS) is 8.25. The Balaban J connectivity index is -0.000000430. The maximum absolute atomic E-state index is 10.3. The number of carbonyl (C=O) groups excluding carboxylic acids is 1. The maximum atomic E-state index is 10.3. The molecule has 32 heavy (non-hydrogen) atoms. The summed E-state index contributed by atoms with van der Waals surface area (Å²) in [5.41, 5.74) is 26.8. The molecular formula is C19H23N7O5Zn+2. The number of nitrogens with two attached hydrogens (primary N) is 2. The van der Waals surface area contributed by atoms with E-state index in [2.05, 4.69) is 34.2 Å². The van der Waals surface area contributed by atoms with Crippen LogP contribution in [-0.2, 0) is 30.4 Å². The zero-order valence-corrected chi connectivity index (χ0v) is 19.9. The second-order valence-corrected chi connectivity index (χ2v) is 5.48. The molecule has 2 aromatic heterocycles. The van der Waals surface area contributed by atoms with Crippen molar-refractivity contribution in [2.45, 2.75) is 0 Å². The molecule has 2 aromatic carbocycles. The van der Waals surface area contributed by atoms with Crippen LogP contribution in [0, 0.1) is 0 Å². The molecule has 0 bridgehead atoms. The monoisotopic (exact) mass is 493 g/mol. The van der Waals surface area contributed by atoms with Gasteiger partial charge in [0, 0.05) is 40.1 Å². The number of rotatable bonds is 1. The maximum Gasteiger partial charge on any atom is 2.00 e. The van der Waals surface area contributed by atoms with Crippen molar-refractivity contribution >= 4 is 39.1 Å². The third-order valence-electron chi connectivity index (χ3n) is 3.56. The number of anilines is 2. The summed E-state index contributed by atoms with van der Waals surface area (Å²) < 4.78 is 0. The van der Waals surface area contributed by atoms with Crippen LogP contribution in [-0.4, -0.2) is 21.4 Å². The standard InChI is InChI=1S/C12H8N2.C7H8N2O2.N3.3H2O.Zn/c1-3-9-5-6-10-4-2-8-14-12(10)11(9)13-7-1;8-5-1-4(7(10)11)2-6(9)3-5;1-3-2;;;;/h1-8H;1-3H,8-9H2,(H,10,11);;3*1H2;/q;;-1;;;;+2/p+1. The fraction of sp³-hybridized carbons (Fsp3) is 0. The average Bonchev–Trinajstić information content (AvgIpc) is 2.68. The zero-order valence-electron chi connectivity index (χ0n) is 16.9. The Morgan fingerprint density at radius 3 is 1.56 bits per heavy atom. The molecule has 0 spiro atoms. The molecule has 0 aliphatic carbocycles.